The molecule has 5 nitrogen and oxygen atoms in total. The maximum atomic E-state index is 13.0. The number of aliphatic hydroxyl groups excluding tert-OH is 1. The molecule has 1 aliphatic heterocycles. The SMILES string of the molecule is CC(O)C1CCCN(C(=O)C(=O)Nc2ccc(F)cc2Cl)C1. The van der Waals surface area contributed by atoms with Gasteiger partial charge in [0.1, 0.15) is 5.82 Å². The maximum absolute atomic E-state index is 13.0. The van der Waals surface area contributed by atoms with Crippen LogP contribution in [0.5, 0.6) is 0 Å². The van der Waals surface area contributed by atoms with Crippen LogP contribution in [0.15, 0.2) is 18.2 Å². The average molecular weight is 329 g/mol. The van der Waals surface area contributed by atoms with E-state index < -0.39 is 23.7 Å². The van der Waals surface area contributed by atoms with E-state index in [1.807, 2.05) is 0 Å². The van der Waals surface area contributed by atoms with Gasteiger partial charge in [0.05, 0.1) is 16.8 Å². The molecule has 1 heterocycles. The minimum atomic E-state index is -0.820. The van der Waals surface area contributed by atoms with E-state index in [1.54, 1.807) is 6.92 Å². The highest BCUT2D eigenvalue weighted by molar-refractivity contribution is 6.41. The van der Waals surface area contributed by atoms with Crippen LogP contribution in [0.2, 0.25) is 5.02 Å². The smallest absolute Gasteiger partial charge is 0.313 e. The van der Waals surface area contributed by atoms with Gasteiger partial charge in [0.15, 0.2) is 0 Å². The van der Waals surface area contributed by atoms with Gasteiger partial charge in [0, 0.05) is 19.0 Å². The molecule has 0 radical (unpaired) electrons. The highest BCUT2D eigenvalue weighted by Crippen LogP contribution is 2.23. The summed E-state index contributed by atoms with van der Waals surface area (Å²) < 4.78 is 13.0. The third-order valence-corrected chi connectivity index (χ3v) is 4.11. The van der Waals surface area contributed by atoms with Crippen LogP contribution < -0.4 is 5.32 Å². The van der Waals surface area contributed by atoms with Gasteiger partial charge in [-0.3, -0.25) is 9.59 Å². The van der Waals surface area contributed by atoms with Crippen molar-refractivity contribution >= 4 is 29.1 Å². The molecule has 1 aromatic rings. The van der Waals surface area contributed by atoms with E-state index in [1.165, 1.54) is 11.0 Å². The topological polar surface area (TPSA) is 69.6 Å². The van der Waals surface area contributed by atoms with Crippen molar-refractivity contribution in [1.82, 2.24) is 4.90 Å². The van der Waals surface area contributed by atoms with Gasteiger partial charge in [-0.2, -0.15) is 0 Å². The van der Waals surface area contributed by atoms with Crippen LogP contribution in [-0.2, 0) is 9.59 Å². The number of hydrogen-bond donors (Lipinski definition) is 2. The number of nitrogens with zero attached hydrogens (tertiary/aromatic N) is 1. The minimum Gasteiger partial charge on any atom is -0.393 e. The molecule has 7 heteroatoms. The molecular formula is C15H18ClFN2O3. The lowest BCUT2D eigenvalue weighted by atomic mass is 9.93. The summed E-state index contributed by atoms with van der Waals surface area (Å²) in [7, 11) is 0. The first kappa shape index (κ1) is 16.7. The summed E-state index contributed by atoms with van der Waals surface area (Å²) in [5.74, 6) is -2.05. The molecule has 2 rings (SSSR count). The van der Waals surface area contributed by atoms with Crippen LogP contribution in [0.3, 0.4) is 0 Å². The zero-order chi connectivity index (χ0) is 16.3. The van der Waals surface area contributed by atoms with Gasteiger partial charge in [-0.1, -0.05) is 11.6 Å². The molecule has 2 amide bonds. The third-order valence-electron chi connectivity index (χ3n) is 3.80. The average Bonchev–Trinajstić information content (AvgIpc) is 2.49. The minimum absolute atomic E-state index is 0.0279. The van der Waals surface area contributed by atoms with Crippen molar-refractivity contribution in [1.29, 1.82) is 0 Å². The molecule has 22 heavy (non-hydrogen) atoms. The van der Waals surface area contributed by atoms with Crippen molar-refractivity contribution in [3.8, 4) is 0 Å². The molecule has 1 saturated heterocycles. The quantitative estimate of drug-likeness (QED) is 0.816. The van der Waals surface area contributed by atoms with Crippen molar-refractivity contribution in [2.24, 2.45) is 5.92 Å². The Bertz CT molecular complexity index is 580. The summed E-state index contributed by atoms with van der Waals surface area (Å²) >= 11 is 5.82. The number of likely N-dealkylation sites (tertiary alicyclic amines) is 1. The second-order valence-corrected chi connectivity index (χ2v) is 5.88. The summed E-state index contributed by atoms with van der Waals surface area (Å²) in [5.41, 5.74) is 0.186. The number of halogens is 2. The van der Waals surface area contributed by atoms with E-state index in [-0.39, 0.29) is 16.6 Å². The first-order chi connectivity index (χ1) is 10.4. The molecule has 2 atom stereocenters. The highest BCUT2D eigenvalue weighted by atomic mass is 35.5. The monoisotopic (exact) mass is 328 g/mol. The van der Waals surface area contributed by atoms with Crippen LogP contribution in [0, 0.1) is 11.7 Å². The molecule has 120 valence electrons. The highest BCUT2D eigenvalue weighted by Gasteiger charge is 2.30. The fourth-order valence-corrected chi connectivity index (χ4v) is 2.71. The molecule has 1 fully saturated rings. The Labute approximate surface area is 133 Å². The number of amides is 2. The molecule has 0 spiro atoms. The van der Waals surface area contributed by atoms with E-state index in [0.29, 0.717) is 13.1 Å². The number of carbonyl (C=O) groups is 2. The molecule has 1 aliphatic rings. The Morgan fingerprint density at radius 3 is 2.86 bits per heavy atom. The first-order valence-electron chi connectivity index (χ1n) is 7.12. The van der Waals surface area contributed by atoms with E-state index in [4.69, 9.17) is 11.6 Å². The molecular weight excluding hydrogens is 311 g/mol. The molecule has 0 bridgehead atoms. The molecule has 0 saturated carbocycles. The largest absolute Gasteiger partial charge is 0.393 e. The van der Waals surface area contributed by atoms with Crippen LogP contribution in [-0.4, -0.2) is 41.0 Å². The Morgan fingerprint density at radius 2 is 2.23 bits per heavy atom. The fraction of sp³-hybridized carbons (Fsp3) is 0.467. The Balaban J connectivity index is 2.01. The maximum Gasteiger partial charge on any atom is 0.313 e. The number of benzene rings is 1. The number of rotatable bonds is 2. The van der Waals surface area contributed by atoms with Crippen molar-refractivity contribution in [3.63, 3.8) is 0 Å². The summed E-state index contributed by atoms with van der Waals surface area (Å²) in [5, 5.41) is 12.0. The summed E-state index contributed by atoms with van der Waals surface area (Å²) in [6.45, 7) is 2.50. The van der Waals surface area contributed by atoms with Gasteiger partial charge in [0.25, 0.3) is 0 Å². The van der Waals surface area contributed by atoms with Gasteiger partial charge in [-0.25, -0.2) is 4.39 Å². The molecule has 2 N–H and O–H groups in total. The van der Waals surface area contributed by atoms with Crippen molar-refractivity contribution in [2.75, 3.05) is 18.4 Å². The second kappa shape index (κ2) is 7.07. The molecule has 0 aliphatic carbocycles. The van der Waals surface area contributed by atoms with Crippen LogP contribution in [0.4, 0.5) is 10.1 Å². The van der Waals surface area contributed by atoms with Crippen LogP contribution >= 0.6 is 11.6 Å². The molecule has 0 aromatic heterocycles. The fourth-order valence-electron chi connectivity index (χ4n) is 2.50. The van der Waals surface area contributed by atoms with E-state index >= 15 is 0 Å². The van der Waals surface area contributed by atoms with Crippen molar-refractivity contribution in [2.45, 2.75) is 25.9 Å². The number of piperidine rings is 1. The van der Waals surface area contributed by atoms with E-state index in [9.17, 15) is 19.1 Å². The Kier molecular flexibility index (Phi) is 5.37. The van der Waals surface area contributed by atoms with E-state index in [0.717, 1.165) is 25.0 Å². The molecule has 1 aromatic carbocycles. The van der Waals surface area contributed by atoms with Gasteiger partial charge >= 0.3 is 11.8 Å². The zero-order valence-electron chi connectivity index (χ0n) is 12.2. The molecule has 2 unspecified atom stereocenters. The Morgan fingerprint density at radius 1 is 1.50 bits per heavy atom. The standard InChI is InChI=1S/C15H18ClFN2O3/c1-9(20)10-3-2-6-19(8-10)15(22)14(21)18-13-5-4-11(17)7-12(13)16/h4-5,7,9-10,20H,2-3,6,8H2,1H3,(H,18,21). The summed E-state index contributed by atoms with van der Waals surface area (Å²) in [4.78, 5) is 25.6. The first-order valence-corrected chi connectivity index (χ1v) is 7.49. The van der Waals surface area contributed by atoms with Gasteiger partial charge in [-0.15, -0.1) is 0 Å². The lowest BCUT2D eigenvalue weighted by molar-refractivity contribution is -0.144. The zero-order valence-corrected chi connectivity index (χ0v) is 12.9. The second-order valence-electron chi connectivity index (χ2n) is 5.47. The van der Waals surface area contributed by atoms with Crippen molar-refractivity contribution < 1.29 is 19.1 Å². The lowest BCUT2D eigenvalue weighted by Crippen LogP contribution is -2.47. The number of anilines is 1. The van der Waals surface area contributed by atoms with Gasteiger partial charge in [-0.05, 0) is 38.0 Å². The van der Waals surface area contributed by atoms with Gasteiger partial charge < -0.3 is 15.3 Å². The summed E-state index contributed by atoms with van der Waals surface area (Å²) in [6.07, 6.45) is 1.05. The number of aliphatic hydroxyl groups is 1. The predicted octanol–water partition coefficient (Wildman–Crippen LogP) is 2.04. The number of carbonyl (C=O) groups excluding carboxylic acids is 2. The van der Waals surface area contributed by atoms with Crippen LogP contribution in [0.1, 0.15) is 19.8 Å². The summed E-state index contributed by atoms with van der Waals surface area (Å²) in [6, 6.07) is 3.51. The van der Waals surface area contributed by atoms with E-state index in [2.05, 4.69) is 5.32 Å². The third kappa shape index (κ3) is 3.96. The predicted molar refractivity (Wildman–Crippen MR) is 81.0 cm³/mol. The lowest BCUT2D eigenvalue weighted by Gasteiger charge is -2.33. The normalized spacial score (nSPS) is 19.6. The van der Waals surface area contributed by atoms with Gasteiger partial charge in [0.2, 0.25) is 0 Å². The van der Waals surface area contributed by atoms with Crippen LogP contribution in [0.25, 0.3) is 0 Å². The number of hydrogen-bond acceptors (Lipinski definition) is 3. The van der Waals surface area contributed by atoms with Crippen molar-refractivity contribution in [3.05, 3.63) is 29.0 Å². The number of nitrogens with one attached hydrogen (secondary N) is 1. The Hall–Kier alpha value is -1.66.